The van der Waals surface area contributed by atoms with E-state index in [1.54, 1.807) is 7.05 Å². The fraction of sp³-hybridized carbons (Fsp3) is 0.857. The number of hydrogen-bond donors (Lipinski definition) is 1. The minimum Gasteiger partial charge on any atom is -0.314 e. The van der Waals surface area contributed by atoms with E-state index in [0.717, 1.165) is 38.4 Å². The van der Waals surface area contributed by atoms with Crippen molar-refractivity contribution in [3.63, 3.8) is 0 Å². The molecule has 0 aromatic heterocycles. The maximum atomic E-state index is 12.0. The van der Waals surface area contributed by atoms with Crippen LogP contribution in [-0.4, -0.2) is 60.4 Å². The van der Waals surface area contributed by atoms with E-state index in [1.165, 1.54) is 17.7 Å². The lowest BCUT2D eigenvalue weighted by Gasteiger charge is -2.37. The molecule has 2 amide bonds. The zero-order valence-corrected chi connectivity index (χ0v) is 11.6. The van der Waals surface area contributed by atoms with Gasteiger partial charge in [0.15, 0.2) is 0 Å². The summed E-state index contributed by atoms with van der Waals surface area (Å²) in [5.41, 5.74) is 0. The molecule has 3 rings (SSSR count). The lowest BCUT2D eigenvalue weighted by molar-refractivity contribution is -0.138. The van der Waals surface area contributed by atoms with Crippen LogP contribution in [0.4, 0.5) is 0 Å². The van der Waals surface area contributed by atoms with Crippen molar-refractivity contribution >= 4 is 11.8 Å². The summed E-state index contributed by atoms with van der Waals surface area (Å²) in [7, 11) is 1.60. The minimum absolute atomic E-state index is 0.0116. The molecule has 106 valence electrons. The molecule has 3 heterocycles. The van der Waals surface area contributed by atoms with Gasteiger partial charge in [0.25, 0.3) is 0 Å². The Kier molecular flexibility index (Phi) is 3.58. The van der Waals surface area contributed by atoms with Crippen LogP contribution in [-0.2, 0) is 9.59 Å². The maximum Gasteiger partial charge on any atom is 0.246 e. The van der Waals surface area contributed by atoms with E-state index in [-0.39, 0.29) is 17.9 Å². The molecule has 0 aromatic carbocycles. The van der Waals surface area contributed by atoms with Gasteiger partial charge in [-0.25, -0.2) is 0 Å². The van der Waals surface area contributed by atoms with Crippen molar-refractivity contribution in [3.8, 4) is 0 Å². The molecule has 3 fully saturated rings. The van der Waals surface area contributed by atoms with E-state index in [0.29, 0.717) is 12.5 Å². The lowest BCUT2D eigenvalue weighted by atomic mass is 9.88. The highest BCUT2D eigenvalue weighted by atomic mass is 16.2. The van der Waals surface area contributed by atoms with Crippen molar-refractivity contribution in [1.82, 2.24) is 15.1 Å². The first-order valence-electron chi connectivity index (χ1n) is 7.44. The fourth-order valence-corrected chi connectivity index (χ4v) is 3.77. The van der Waals surface area contributed by atoms with E-state index >= 15 is 0 Å². The third kappa shape index (κ3) is 2.41. The van der Waals surface area contributed by atoms with Crippen molar-refractivity contribution in [2.45, 2.75) is 44.2 Å². The maximum absolute atomic E-state index is 12.0. The molecule has 3 aliphatic heterocycles. The number of likely N-dealkylation sites (tertiary alicyclic amines) is 2. The van der Waals surface area contributed by atoms with Gasteiger partial charge in [-0.1, -0.05) is 0 Å². The van der Waals surface area contributed by atoms with Crippen molar-refractivity contribution < 1.29 is 9.59 Å². The van der Waals surface area contributed by atoms with E-state index < -0.39 is 0 Å². The van der Waals surface area contributed by atoms with Crippen LogP contribution < -0.4 is 5.32 Å². The second-order valence-electron chi connectivity index (χ2n) is 6.09. The first kappa shape index (κ1) is 13.1. The lowest BCUT2D eigenvalue weighted by Crippen LogP contribution is -2.47. The number of likely N-dealkylation sites (N-methyl/N-ethyl adjacent to an activating group) is 1. The fourth-order valence-electron chi connectivity index (χ4n) is 3.77. The number of amides is 2. The smallest absolute Gasteiger partial charge is 0.246 e. The Morgan fingerprint density at radius 2 is 1.89 bits per heavy atom. The summed E-state index contributed by atoms with van der Waals surface area (Å²) in [4.78, 5) is 27.1. The topological polar surface area (TPSA) is 52.7 Å². The van der Waals surface area contributed by atoms with Gasteiger partial charge in [-0.05, 0) is 51.2 Å². The summed E-state index contributed by atoms with van der Waals surface area (Å²) in [5, 5.41) is 3.59. The number of hydrogen-bond acceptors (Lipinski definition) is 4. The van der Waals surface area contributed by atoms with E-state index in [9.17, 15) is 9.59 Å². The summed E-state index contributed by atoms with van der Waals surface area (Å²) in [6, 6.07) is 0.501. The highest BCUT2D eigenvalue weighted by Crippen LogP contribution is 2.28. The molecule has 5 nitrogen and oxygen atoms in total. The molecule has 1 N–H and O–H groups in total. The molecule has 2 unspecified atom stereocenters. The van der Waals surface area contributed by atoms with Crippen molar-refractivity contribution in [2.24, 2.45) is 5.92 Å². The molecule has 0 spiro atoms. The molecule has 0 saturated carbocycles. The summed E-state index contributed by atoms with van der Waals surface area (Å²) in [5.74, 6) is 0.709. The van der Waals surface area contributed by atoms with Crippen LogP contribution in [0.3, 0.4) is 0 Å². The Morgan fingerprint density at radius 1 is 1.16 bits per heavy atom. The third-order valence-electron chi connectivity index (χ3n) is 5.04. The Labute approximate surface area is 114 Å². The summed E-state index contributed by atoms with van der Waals surface area (Å²) in [6.07, 6.45) is 5.28. The van der Waals surface area contributed by atoms with Gasteiger partial charge in [-0.2, -0.15) is 0 Å². The van der Waals surface area contributed by atoms with Crippen LogP contribution in [0.5, 0.6) is 0 Å². The number of rotatable bonds is 2. The molecule has 0 bridgehead atoms. The number of carbonyl (C=O) groups is 2. The molecule has 2 atom stereocenters. The van der Waals surface area contributed by atoms with Crippen molar-refractivity contribution in [3.05, 3.63) is 0 Å². The number of nitrogens with one attached hydrogen (secondary N) is 1. The Bertz CT molecular complexity index is 371. The second-order valence-corrected chi connectivity index (χ2v) is 6.09. The average Bonchev–Trinajstić information content (AvgIpc) is 3.04. The SMILES string of the molecule is CN1C(=O)CC(N2CCC(C3CCCN3)CC2)C1=O. The number of imide groups is 1. The van der Waals surface area contributed by atoms with Crippen LogP contribution in [0, 0.1) is 5.92 Å². The van der Waals surface area contributed by atoms with Gasteiger partial charge in [0.1, 0.15) is 0 Å². The van der Waals surface area contributed by atoms with E-state index in [1.807, 2.05) is 0 Å². The van der Waals surface area contributed by atoms with Crippen molar-refractivity contribution in [1.29, 1.82) is 0 Å². The molecule has 0 aromatic rings. The Balaban J connectivity index is 1.55. The normalized spacial score (nSPS) is 34.5. The Morgan fingerprint density at radius 3 is 2.42 bits per heavy atom. The zero-order valence-electron chi connectivity index (χ0n) is 11.6. The van der Waals surface area contributed by atoms with Gasteiger partial charge in [0.2, 0.25) is 11.8 Å². The molecular formula is C14H23N3O2. The zero-order chi connectivity index (χ0) is 13.4. The van der Waals surface area contributed by atoms with Crippen LogP contribution in [0.25, 0.3) is 0 Å². The third-order valence-corrected chi connectivity index (χ3v) is 5.04. The van der Waals surface area contributed by atoms with Crippen LogP contribution >= 0.6 is 0 Å². The average molecular weight is 265 g/mol. The monoisotopic (exact) mass is 265 g/mol. The Hall–Kier alpha value is -0.940. The van der Waals surface area contributed by atoms with Crippen LogP contribution in [0.1, 0.15) is 32.1 Å². The standard InChI is InChI=1S/C14H23N3O2/c1-16-13(18)9-12(14(16)19)17-7-4-10(5-8-17)11-3-2-6-15-11/h10-12,15H,2-9H2,1H3. The molecular weight excluding hydrogens is 242 g/mol. The van der Waals surface area contributed by atoms with Crippen LogP contribution in [0.2, 0.25) is 0 Å². The second kappa shape index (κ2) is 5.21. The molecule has 5 heteroatoms. The predicted octanol–water partition coefficient (Wildman–Crippen LogP) is 0.208. The summed E-state index contributed by atoms with van der Waals surface area (Å²) in [6.45, 7) is 3.08. The highest BCUT2D eigenvalue weighted by molar-refractivity contribution is 6.05. The largest absolute Gasteiger partial charge is 0.314 e. The first-order valence-corrected chi connectivity index (χ1v) is 7.44. The summed E-state index contributed by atoms with van der Waals surface area (Å²) >= 11 is 0. The predicted molar refractivity (Wildman–Crippen MR) is 71.5 cm³/mol. The number of carbonyl (C=O) groups excluding carboxylic acids is 2. The van der Waals surface area contributed by atoms with Gasteiger partial charge < -0.3 is 5.32 Å². The molecule has 3 saturated heterocycles. The number of piperidine rings is 1. The molecule has 0 radical (unpaired) electrons. The van der Waals surface area contributed by atoms with Gasteiger partial charge in [-0.15, -0.1) is 0 Å². The quantitative estimate of drug-likeness (QED) is 0.725. The van der Waals surface area contributed by atoms with Crippen molar-refractivity contribution in [2.75, 3.05) is 26.7 Å². The molecule has 19 heavy (non-hydrogen) atoms. The number of nitrogens with zero attached hydrogens (tertiary/aromatic N) is 2. The van der Waals surface area contributed by atoms with Gasteiger partial charge in [0, 0.05) is 13.1 Å². The summed E-state index contributed by atoms with van der Waals surface area (Å²) < 4.78 is 0. The first-order chi connectivity index (χ1) is 9.16. The van der Waals surface area contributed by atoms with Crippen LogP contribution in [0.15, 0.2) is 0 Å². The highest BCUT2D eigenvalue weighted by Gasteiger charge is 2.41. The minimum atomic E-state index is -0.185. The van der Waals surface area contributed by atoms with Gasteiger partial charge >= 0.3 is 0 Å². The molecule has 0 aliphatic carbocycles. The van der Waals surface area contributed by atoms with E-state index in [2.05, 4.69) is 10.2 Å². The molecule has 3 aliphatic rings. The van der Waals surface area contributed by atoms with E-state index in [4.69, 9.17) is 0 Å². The van der Waals surface area contributed by atoms with Gasteiger partial charge in [0.05, 0.1) is 12.5 Å². The van der Waals surface area contributed by atoms with Gasteiger partial charge in [-0.3, -0.25) is 19.4 Å².